The normalized spacial score (nSPS) is 21.9. The van der Waals surface area contributed by atoms with E-state index < -0.39 is 14.9 Å². The number of hydrogen-bond acceptors (Lipinski definition) is 6. The third-order valence-corrected chi connectivity index (χ3v) is 6.31. The highest BCUT2D eigenvalue weighted by Crippen LogP contribution is 2.30. The van der Waals surface area contributed by atoms with Gasteiger partial charge < -0.3 is 10.1 Å². The SMILES string of the molecule is O=[N+]([O-])c1cc(S(=O)(=O)N2CCCC2)ccc1NCC1CCCO1. The van der Waals surface area contributed by atoms with Crippen LogP contribution in [0.25, 0.3) is 0 Å². The summed E-state index contributed by atoms with van der Waals surface area (Å²) in [5.41, 5.74) is 0.0872. The fraction of sp³-hybridized carbons (Fsp3) is 0.600. The number of rotatable bonds is 6. The molecule has 2 saturated heterocycles. The number of anilines is 1. The molecule has 1 unspecified atom stereocenters. The summed E-state index contributed by atoms with van der Waals surface area (Å²) in [7, 11) is -3.67. The summed E-state index contributed by atoms with van der Waals surface area (Å²) in [6.07, 6.45) is 3.59. The second-order valence-electron chi connectivity index (χ2n) is 6.06. The molecule has 0 aliphatic carbocycles. The number of nitro benzene ring substituents is 1. The predicted molar refractivity (Wildman–Crippen MR) is 88.6 cm³/mol. The Bertz CT molecular complexity index is 710. The van der Waals surface area contributed by atoms with Gasteiger partial charge in [0.25, 0.3) is 5.69 Å². The summed E-state index contributed by atoms with van der Waals surface area (Å²) in [5.74, 6) is 0. The maximum Gasteiger partial charge on any atom is 0.293 e. The Morgan fingerprint density at radius 1 is 1.29 bits per heavy atom. The van der Waals surface area contributed by atoms with Crippen molar-refractivity contribution in [2.75, 3.05) is 31.6 Å². The smallest absolute Gasteiger partial charge is 0.293 e. The van der Waals surface area contributed by atoms with Gasteiger partial charge in [-0.1, -0.05) is 0 Å². The van der Waals surface area contributed by atoms with Gasteiger partial charge in [0.1, 0.15) is 5.69 Å². The zero-order chi connectivity index (χ0) is 17.2. The Balaban J connectivity index is 1.82. The van der Waals surface area contributed by atoms with Crippen molar-refractivity contribution in [3.63, 3.8) is 0 Å². The average Bonchev–Trinajstić information content (AvgIpc) is 3.26. The van der Waals surface area contributed by atoms with Gasteiger partial charge in [-0.2, -0.15) is 4.31 Å². The van der Waals surface area contributed by atoms with Crippen molar-refractivity contribution in [2.45, 2.75) is 36.7 Å². The highest BCUT2D eigenvalue weighted by molar-refractivity contribution is 7.89. The molecule has 2 aliphatic heterocycles. The fourth-order valence-electron chi connectivity index (χ4n) is 3.08. The van der Waals surface area contributed by atoms with Gasteiger partial charge in [0, 0.05) is 32.3 Å². The van der Waals surface area contributed by atoms with E-state index in [1.807, 2.05) is 0 Å². The Labute approximate surface area is 141 Å². The molecule has 24 heavy (non-hydrogen) atoms. The molecule has 1 atom stereocenters. The zero-order valence-electron chi connectivity index (χ0n) is 13.3. The Morgan fingerprint density at radius 3 is 2.67 bits per heavy atom. The van der Waals surface area contributed by atoms with E-state index in [4.69, 9.17) is 4.74 Å². The molecule has 1 N–H and O–H groups in total. The number of nitrogens with one attached hydrogen (secondary N) is 1. The van der Waals surface area contributed by atoms with E-state index in [2.05, 4.69) is 5.32 Å². The molecule has 2 heterocycles. The Kier molecular flexibility index (Phi) is 5.02. The summed E-state index contributed by atoms with van der Waals surface area (Å²) < 4.78 is 32.0. The number of nitrogens with zero attached hydrogens (tertiary/aromatic N) is 2. The first-order valence-electron chi connectivity index (χ1n) is 8.12. The van der Waals surface area contributed by atoms with Crippen molar-refractivity contribution in [3.8, 4) is 0 Å². The minimum Gasteiger partial charge on any atom is -0.377 e. The molecule has 9 heteroatoms. The molecule has 0 amide bonds. The van der Waals surface area contributed by atoms with Crippen molar-refractivity contribution in [1.29, 1.82) is 0 Å². The number of sulfonamides is 1. The van der Waals surface area contributed by atoms with Crippen molar-refractivity contribution < 1.29 is 18.1 Å². The molecular weight excluding hydrogens is 334 g/mol. The van der Waals surface area contributed by atoms with Crippen LogP contribution in [0.4, 0.5) is 11.4 Å². The van der Waals surface area contributed by atoms with Crippen LogP contribution in [0.15, 0.2) is 23.1 Å². The lowest BCUT2D eigenvalue weighted by Crippen LogP contribution is -2.28. The average molecular weight is 355 g/mol. The van der Waals surface area contributed by atoms with Crippen LogP contribution in [-0.2, 0) is 14.8 Å². The second kappa shape index (κ2) is 7.04. The zero-order valence-corrected chi connectivity index (χ0v) is 14.1. The third kappa shape index (κ3) is 3.52. The molecule has 0 aromatic heterocycles. The number of hydrogen-bond donors (Lipinski definition) is 1. The summed E-state index contributed by atoms with van der Waals surface area (Å²) in [4.78, 5) is 10.8. The van der Waals surface area contributed by atoms with Gasteiger partial charge in [-0.15, -0.1) is 0 Å². The second-order valence-corrected chi connectivity index (χ2v) is 8.00. The minimum atomic E-state index is -3.67. The van der Waals surface area contributed by atoms with Gasteiger partial charge in [0.2, 0.25) is 10.0 Å². The summed E-state index contributed by atoms with van der Waals surface area (Å²) in [6, 6.07) is 4.04. The Hall–Kier alpha value is -1.71. The van der Waals surface area contributed by atoms with Crippen LogP contribution in [0.2, 0.25) is 0 Å². The van der Waals surface area contributed by atoms with Crippen LogP contribution in [-0.4, -0.2) is 50.0 Å². The van der Waals surface area contributed by atoms with Crippen molar-refractivity contribution >= 4 is 21.4 Å². The molecule has 132 valence electrons. The quantitative estimate of drug-likeness (QED) is 0.618. The molecule has 0 bridgehead atoms. The van der Waals surface area contributed by atoms with Crippen LogP contribution in [0.5, 0.6) is 0 Å². The third-order valence-electron chi connectivity index (χ3n) is 4.41. The molecule has 0 saturated carbocycles. The molecule has 8 nitrogen and oxygen atoms in total. The van der Waals surface area contributed by atoms with E-state index in [-0.39, 0.29) is 16.7 Å². The first kappa shape index (κ1) is 17.1. The minimum absolute atomic E-state index is 0.0289. The highest BCUT2D eigenvalue weighted by atomic mass is 32.2. The first-order valence-corrected chi connectivity index (χ1v) is 9.56. The summed E-state index contributed by atoms with van der Waals surface area (Å²) in [6.45, 7) is 2.12. The van der Waals surface area contributed by atoms with Gasteiger partial charge in [-0.3, -0.25) is 10.1 Å². The maximum absolute atomic E-state index is 12.6. The van der Waals surface area contributed by atoms with Gasteiger partial charge in [-0.25, -0.2) is 8.42 Å². The van der Waals surface area contributed by atoms with Crippen LogP contribution in [0.3, 0.4) is 0 Å². The maximum atomic E-state index is 12.6. The van der Waals surface area contributed by atoms with E-state index in [1.54, 1.807) is 0 Å². The van der Waals surface area contributed by atoms with Crippen molar-refractivity contribution in [1.82, 2.24) is 4.31 Å². The molecule has 0 radical (unpaired) electrons. The number of ether oxygens (including phenoxy) is 1. The largest absolute Gasteiger partial charge is 0.377 e. The lowest BCUT2D eigenvalue weighted by Gasteiger charge is -2.16. The monoisotopic (exact) mass is 355 g/mol. The van der Waals surface area contributed by atoms with E-state index in [1.165, 1.54) is 16.4 Å². The van der Waals surface area contributed by atoms with Gasteiger partial charge in [0.05, 0.1) is 15.9 Å². The molecular formula is C15H21N3O5S. The van der Waals surface area contributed by atoms with E-state index >= 15 is 0 Å². The van der Waals surface area contributed by atoms with E-state index in [0.29, 0.717) is 31.9 Å². The van der Waals surface area contributed by atoms with Crippen LogP contribution >= 0.6 is 0 Å². The number of benzene rings is 1. The van der Waals surface area contributed by atoms with E-state index in [9.17, 15) is 18.5 Å². The van der Waals surface area contributed by atoms with Gasteiger partial charge in [-0.05, 0) is 37.8 Å². The van der Waals surface area contributed by atoms with E-state index in [0.717, 1.165) is 31.7 Å². The predicted octanol–water partition coefficient (Wildman–Crippen LogP) is 1.97. The number of nitro groups is 1. The van der Waals surface area contributed by atoms with Crippen molar-refractivity contribution in [3.05, 3.63) is 28.3 Å². The molecule has 0 spiro atoms. The molecule has 2 aliphatic rings. The van der Waals surface area contributed by atoms with Gasteiger partial charge in [0.15, 0.2) is 0 Å². The topological polar surface area (TPSA) is 102 Å². The van der Waals surface area contributed by atoms with Gasteiger partial charge >= 0.3 is 0 Å². The molecule has 1 aromatic rings. The van der Waals surface area contributed by atoms with Crippen LogP contribution < -0.4 is 5.32 Å². The first-order chi connectivity index (χ1) is 11.5. The summed E-state index contributed by atoms with van der Waals surface area (Å²) >= 11 is 0. The Morgan fingerprint density at radius 2 is 2.04 bits per heavy atom. The van der Waals surface area contributed by atoms with Crippen molar-refractivity contribution in [2.24, 2.45) is 0 Å². The highest BCUT2D eigenvalue weighted by Gasteiger charge is 2.29. The van der Waals surface area contributed by atoms with Crippen LogP contribution in [0.1, 0.15) is 25.7 Å². The molecule has 1 aromatic carbocycles. The van der Waals surface area contributed by atoms with Crippen LogP contribution in [0, 0.1) is 10.1 Å². The lowest BCUT2D eigenvalue weighted by molar-refractivity contribution is -0.384. The summed E-state index contributed by atoms with van der Waals surface area (Å²) in [5, 5.41) is 14.4. The molecule has 3 rings (SSSR count). The standard InChI is InChI=1S/C15H21N3O5S/c19-18(20)15-10-13(24(21,22)17-7-1-2-8-17)5-6-14(15)16-11-12-4-3-9-23-12/h5-6,10,12,16H,1-4,7-9,11H2. The lowest BCUT2D eigenvalue weighted by atomic mass is 10.2. The molecule has 2 fully saturated rings. The fourth-order valence-corrected chi connectivity index (χ4v) is 4.62.